The Bertz CT molecular complexity index is 543. The lowest BCUT2D eigenvalue weighted by molar-refractivity contribution is 0.218. The van der Waals surface area contributed by atoms with Crippen molar-refractivity contribution in [3.63, 3.8) is 0 Å². The van der Waals surface area contributed by atoms with E-state index in [-0.39, 0.29) is 0 Å². The van der Waals surface area contributed by atoms with Crippen LogP contribution in [0.15, 0.2) is 24.4 Å². The first-order valence-corrected chi connectivity index (χ1v) is 5.74. The summed E-state index contributed by atoms with van der Waals surface area (Å²) >= 11 is 0. The van der Waals surface area contributed by atoms with Gasteiger partial charge in [-0.1, -0.05) is 23.8 Å². The quantitative estimate of drug-likeness (QED) is 0.860. The molecule has 17 heavy (non-hydrogen) atoms. The van der Waals surface area contributed by atoms with E-state index in [4.69, 9.17) is 0 Å². The minimum Gasteiger partial charge on any atom is -0.384 e. The van der Waals surface area contributed by atoms with Crippen LogP contribution in [-0.4, -0.2) is 14.9 Å². The number of aryl methyl sites for hydroxylation is 3. The van der Waals surface area contributed by atoms with Gasteiger partial charge in [-0.2, -0.15) is 5.10 Å². The molecule has 1 N–H and O–H groups in total. The summed E-state index contributed by atoms with van der Waals surface area (Å²) in [4.78, 5) is 0. The molecule has 0 aliphatic heterocycles. The van der Waals surface area contributed by atoms with Crippen LogP contribution in [0.5, 0.6) is 0 Å². The molecular weight excluding hydrogens is 212 g/mol. The average Bonchev–Trinajstić information content (AvgIpc) is 2.62. The molecule has 0 saturated carbocycles. The Morgan fingerprint density at radius 2 is 1.88 bits per heavy atom. The number of hydrogen-bond acceptors (Lipinski definition) is 2. The molecule has 3 heteroatoms. The number of rotatable bonds is 2. The monoisotopic (exact) mass is 230 g/mol. The van der Waals surface area contributed by atoms with Crippen LogP contribution in [0.1, 0.15) is 34.1 Å². The third-order valence-electron chi connectivity index (χ3n) is 3.30. The van der Waals surface area contributed by atoms with Crippen molar-refractivity contribution in [3.05, 3.63) is 52.3 Å². The van der Waals surface area contributed by atoms with Gasteiger partial charge in [-0.05, 0) is 31.9 Å². The second-order valence-electron chi connectivity index (χ2n) is 4.57. The van der Waals surface area contributed by atoms with Crippen molar-refractivity contribution in [2.45, 2.75) is 26.9 Å². The highest BCUT2D eigenvalue weighted by Gasteiger charge is 2.17. The van der Waals surface area contributed by atoms with E-state index < -0.39 is 6.10 Å². The van der Waals surface area contributed by atoms with Gasteiger partial charge in [0.1, 0.15) is 6.10 Å². The minimum absolute atomic E-state index is 0.594. The van der Waals surface area contributed by atoms with E-state index in [2.05, 4.69) is 11.2 Å². The maximum absolute atomic E-state index is 10.4. The van der Waals surface area contributed by atoms with Crippen molar-refractivity contribution in [1.82, 2.24) is 9.78 Å². The zero-order valence-corrected chi connectivity index (χ0v) is 10.7. The average molecular weight is 230 g/mol. The zero-order chi connectivity index (χ0) is 12.6. The lowest BCUT2D eigenvalue weighted by Gasteiger charge is -2.14. The fourth-order valence-corrected chi connectivity index (χ4v) is 2.01. The first-order chi connectivity index (χ1) is 8.00. The Kier molecular flexibility index (Phi) is 3.03. The minimum atomic E-state index is -0.594. The van der Waals surface area contributed by atoms with Crippen molar-refractivity contribution >= 4 is 0 Å². The van der Waals surface area contributed by atoms with E-state index in [9.17, 15) is 5.11 Å². The Labute approximate surface area is 102 Å². The molecule has 0 radical (unpaired) electrons. The third-order valence-corrected chi connectivity index (χ3v) is 3.30. The maximum Gasteiger partial charge on any atom is 0.108 e. The van der Waals surface area contributed by atoms with E-state index in [0.29, 0.717) is 0 Å². The molecule has 2 rings (SSSR count). The topological polar surface area (TPSA) is 38.1 Å². The zero-order valence-electron chi connectivity index (χ0n) is 10.7. The van der Waals surface area contributed by atoms with Crippen LogP contribution in [0.4, 0.5) is 0 Å². The van der Waals surface area contributed by atoms with Gasteiger partial charge in [-0.3, -0.25) is 4.68 Å². The highest BCUT2D eigenvalue weighted by molar-refractivity contribution is 5.38. The summed E-state index contributed by atoms with van der Waals surface area (Å²) in [5.41, 5.74) is 5.10. The van der Waals surface area contributed by atoms with Crippen LogP contribution >= 0.6 is 0 Å². The molecule has 90 valence electrons. The molecular formula is C14H18N2O. The SMILES string of the molecule is Cc1ccc(C)c(C(O)c2cnn(C)c2C)c1. The van der Waals surface area contributed by atoms with Crippen molar-refractivity contribution < 1.29 is 5.11 Å². The van der Waals surface area contributed by atoms with Gasteiger partial charge in [0.05, 0.1) is 6.20 Å². The molecule has 0 amide bonds. The lowest BCUT2D eigenvalue weighted by Crippen LogP contribution is -2.04. The van der Waals surface area contributed by atoms with Gasteiger partial charge >= 0.3 is 0 Å². The first-order valence-electron chi connectivity index (χ1n) is 5.74. The van der Waals surface area contributed by atoms with Gasteiger partial charge in [0.2, 0.25) is 0 Å². The summed E-state index contributed by atoms with van der Waals surface area (Å²) in [6, 6.07) is 6.13. The van der Waals surface area contributed by atoms with E-state index >= 15 is 0 Å². The largest absolute Gasteiger partial charge is 0.384 e. The summed E-state index contributed by atoms with van der Waals surface area (Å²) in [5, 5.41) is 14.6. The maximum atomic E-state index is 10.4. The van der Waals surface area contributed by atoms with Gasteiger partial charge in [-0.15, -0.1) is 0 Å². The summed E-state index contributed by atoms with van der Waals surface area (Å²) in [7, 11) is 1.88. The van der Waals surface area contributed by atoms with Crippen LogP contribution in [0, 0.1) is 20.8 Å². The summed E-state index contributed by atoms with van der Waals surface area (Å²) < 4.78 is 1.78. The van der Waals surface area contributed by atoms with Crippen molar-refractivity contribution in [2.24, 2.45) is 7.05 Å². The van der Waals surface area contributed by atoms with E-state index in [1.807, 2.05) is 40.0 Å². The van der Waals surface area contributed by atoms with Gasteiger partial charge in [-0.25, -0.2) is 0 Å². The van der Waals surface area contributed by atoms with E-state index in [1.54, 1.807) is 10.9 Å². The van der Waals surface area contributed by atoms with Crippen LogP contribution in [0.2, 0.25) is 0 Å². The molecule has 1 atom stereocenters. The molecule has 0 aliphatic carbocycles. The molecule has 1 heterocycles. The Hall–Kier alpha value is -1.61. The summed E-state index contributed by atoms with van der Waals surface area (Å²) in [5.74, 6) is 0. The Balaban J connectivity index is 2.47. The fraction of sp³-hybridized carbons (Fsp3) is 0.357. The lowest BCUT2D eigenvalue weighted by atomic mass is 9.96. The number of nitrogens with zero attached hydrogens (tertiary/aromatic N) is 2. The van der Waals surface area contributed by atoms with E-state index in [1.165, 1.54) is 0 Å². The Morgan fingerprint density at radius 3 is 2.47 bits per heavy atom. The molecule has 0 aliphatic rings. The van der Waals surface area contributed by atoms with Crippen LogP contribution in [-0.2, 0) is 7.05 Å². The molecule has 2 aromatic rings. The normalized spacial score (nSPS) is 12.8. The predicted octanol–water partition coefficient (Wildman–Crippen LogP) is 2.43. The molecule has 1 aromatic carbocycles. The standard InChI is InChI=1S/C14H18N2O/c1-9-5-6-10(2)12(7-9)14(17)13-8-15-16(4)11(13)3/h5-8,14,17H,1-4H3. The second-order valence-corrected chi connectivity index (χ2v) is 4.57. The number of aromatic nitrogens is 2. The van der Waals surface area contributed by atoms with Crippen molar-refractivity contribution in [2.75, 3.05) is 0 Å². The smallest absolute Gasteiger partial charge is 0.108 e. The molecule has 0 fully saturated rings. The molecule has 0 bridgehead atoms. The summed E-state index contributed by atoms with van der Waals surface area (Å²) in [6.07, 6.45) is 1.14. The van der Waals surface area contributed by atoms with Gasteiger partial charge in [0, 0.05) is 18.3 Å². The van der Waals surface area contributed by atoms with Crippen molar-refractivity contribution in [3.8, 4) is 0 Å². The van der Waals surface area contributed by atoms with E-state index in [0.717, 1.165) is 27.9 Å². The third kappa shape index (κ3) is 2.11. The first kappa shape index (κ1) is 11.9. The van der Waals surface area contributed by atoms with Crippen LogP contribution < -0.4 is 0 Å². The Morgan fingerprint density at radius 1 is 1.18 bits per heavy atom. The molecule has 1 unspecified atom stereocenters. The molecule has 3 nitrogen and oxygen atoms in total. The number of hydrogen-bond donors (Lipinski definition) is 1. The number of aliphatic hydroxyl groups is 1. The summed E-state index contributed by atoms with van der Waals surface area (Å²) in [6.45, 7) is 6.02. The number of benzene rings is 1. The molecule has 1 aromatic heterocycles. The van der Waals surface area contributed by atoms with Gasteiger partial charge < -0.3 is 5.11 Å². The predicted molar refractivity (Wildman–Crippen MR) is 67.9 cm³/mol. The van der Waals surface area contributed by atoms with Gasteiger partial charge in [0.15, 0.2) is 0 Å². The van der Waals surface area contributed by atoms with Crippen LogP contribution in [0.3, 0.4) is 0 Å². The molecule has 0 spiro atoms. The molecule has 0 saturated heterocycles. The van der Waals surface area contributed by atoms with Gasteiger partial charge in [0.25, 0.3) is 0 Å². The highest BCUT2D eigenvalue weighted by atomic mass is 16.3. The number of aliphatic hydroxyl groups excluding tert-OH is 1. The van der Waals surface area contributed by atoms with Crippen LogP contribution in [0.25, 0.3) is 0 Å². The fourth-order valence-electron chi connectivity index (χ4n) is 2.01. The highest BCUT2D eigenvalue weighted by Crippen LogP contribution is 2.27. The van der Waals surface area contributed by atoms with Crippen molar-refractivity contribution in [1.29, 1.82) is 0 Å². The second kappa shape index (κ2) is 4.34.